The van der Waals surface area contributed by atoms with Crippen LogP contribution in [0, 0.1) is 5.41 Å². The molecule has 0 amide bonds. The highest BCUT2D eigenvalue weighted by molar-refractivity contribution is 6.30. The van der Waals surface area contributed by atoms with Crippen LogP contribution < -0.4 is 5.32 Å². The molecule has 1 N–H and O–H groups in total. The van der Waals surface area contributed by atoms with Gasteiger partial charge in [-0.15, -0.1) is 0 Å². The van der Waals surface area contributed by atoms with Gasteiger partial charge in [-0.05, 0) is 48.9 Å². The quantitative estimate of drug-likeness (QED) is 0.755. The Morgan fingerprint density at radius 3 is 2.50 bits per heavy atom. The van der Waals surface area contributed by atoms with Gasteiger partial charge in [0.1, 0.15) is 0 Å². The molecular weight excluding hydrogens is 266 g/mol. The Labute approximate surface area is 128 Å². The van der Waals surface area contributed by atoms with Gasteiger partial charge in [-0.25, -0.2) is 0 Å². The van der Waals surface area contributed by atoms with Gasteiger partial charge in [0.05, 0.1) is 0 Å². The summed E-state index contributed by atoms with van der Waals surface area (Å²) in [5.74, 6) is 0.646. The third-order valence-electron chi connectivity index (χ3n) is 5.49. The zero-order valence-electron chi connectivity index (χ0n) is 12.3. The van der Waals surface area contributed by atoms with Crippen LogP contribution in [0.3, 0.4) is 0 Å². The molecule has 2 aliphatic rings. The van der Waals surface area contributed by atoms with Crippen LogP contribution in [0.15, 0.2) is 24.3 Å². The lowest BCUT2D eigenvalue weighted by atomic mass is 9.62. The summed E-state index contributed by atoms with van der Waals surface area (Å²) in [6, 6.07) is 8.58. The molecule has 0 bridgehead atoms. The second-order valence-corrected chi connectivity index (χ2v) is 7.13. The first-order valence-electron chi connectivity index (χ1n) is 8.26. The maximum Gasteiger partial charge on any atom is 0.0408 e. The Hall–Kier alpha value is -0.530. The maximum absolute atomic E-state index is 6.23. The van der Waals surface area contributed by atoms with Gasteiger partial charge >= 0.3 is 0 Å². The first-order chi connectivity index (χ1) is 9.80. The lowest BCUT2D eigenvalue weighted by Crippen LogP contribution is -2.44. The van der Waals surface area contributed by atoms with Crippen LogP contribution in [-0.4, -0.2) is 13.1 Å². The van der Waals surface area contributed by atoms with Crippen LogP contribution in [0.25, 0.3) is 0 Å². The molecule has 1 unspecified atom stereocenters. The molecule has 1 saturated heterocycles. The third kappa shape index (κ3) is 3.04. The van der Waals surface area contributed by atoms with Crippen LogP contribution in [0.1, 0.15) is 62.8 Å². The number of rotatable bonds is 1. The van der Waals surface area contributed by atoms with E-state index in [1.807, 2.05) is 6.07 Å². The molecule has 2 fully saturated rings. The summed E-state index contributed by atoms with van der Waals surface area (Å²) in [7, 11) is 0. The smallest absolute Gasteiger partial charge is 0.0408 e. The lowest BCUT2D eigenvalue weighted by Gasteiger charge is -2.46. The molecule has 1 aromatic rings. The third-order valence-corrected chi connectivity index (χ3v) is 5.72. The van der Waals surface area contributed by atoms with E-state index < -0.39 is 0 Å². The molecule has 1 aliphatic carbocycles. The van der Waals surface area contributed by atoms with Crippen molar-refractivity contribution in [3.8, 4) is 0 Å². The van der Waals surface area contributed by atoms with Crippen molar-refractivity contribution < 1.29 is 0 Å². The summed E-state index contributed by atoms with van der Waals surface area (Å²) >= 11 is 6.23. The van der Waals surface area contributed by atoms with Gasteiger partial charge in [0, 0.05) is 17.5 Å². The van der Waals surface area contributed by atoms with E-state index in [2.05, 4.69) is 23.5 Å². The highest BCUT2D eigenvalue weighted by atomic mass is 35.5. The monoisotopic (exact) mass is 291 g/mol. The summed E-state index contributed by atoms with van der Waals surface area (Å²) in [5, 5.41) is 4.50. The number of hydrogen-bond acceptors (Lipinski definition) is 1. The average molecular weight is 292 g/mol. The fourth-order valence-electron chi connectivity index (χ4n) is 4.38. The Kier molecular flexibility index (Phi) is 4.68. The zero-order valence-corrected chi connectivity index (χ0v) is 13.1. The predicted octanol–water partition coefficient (Wildman–Crippen LogP) is 5.15. The van der Waals surface area contributed by atoms with Gasteiger partial charge in [-0.2, -0.15) is 0 Å². The summed E-state index contributed by atoms with van der Waals surface area (Å²) in [6.45, 7) is 2.32. The minimum absolute atomic E-state index is 0.524. The molecule has 1 saturated carbocycles. The van der Waals surface area contributed by atoms with E-state index in [4.69, 9.17) is 11.6 Å². The van der Waals surface area contributed by atoms with Crippen LogP contribution >= 0.6 is 11.6 Å². The molecule has 20 heavy (non-hydrogen) atoms. The molecule has 110 valence electrons. The molecular formula is C18H26ClN. The van der Waals surface area contributed by atoms with E-state index in [0.717, 1.165) is 11.6 Å². The second kappa shape index (κ2) is 6.49. The fraction of sp³-hybridized carbons (Fsp3) is 0.667. The Morgan fingerprint density at radius 2 is 1.75 bits per heavy atom. The molecule has 0 radical (unpaired) electrons. The fourth-order valence-corrected chi connectivity index (χ4v) is 4.58. The van der Waals surface area contributed by atoms with Gasteiger partial charge in [0.25, 0.3) is 0 Å². The highest BCUT2D eigenvalue weighted by Gasteiger charge is 2.40. The highest BCUT2D eigenvalue weighted by Crippen LogP contribution is 2.49. The predicted molar refractivity (Wildman–Crippen MR) is 86.4 cm³/mol. The SMILES string of the molecule is Clc1cccc(C2CNCCC23CCCCCCC3)c1. The van der Waals surface area contributed by atoms with Crippen molar-refractivity contribution in [2.45, 2.75) is 57.3 Å². The second-order valence-electron chi connectivity index (χ2n) is 6.69. The van der Waals surface area contributed by atoms with Gasteiger partial charge in [-0.3, -0.25) is 0 Å². The average Bonchev–Trinajstić information content (AvgIpc) is 2.44. The minimum Gasteiger partial charge on any atom is -0.316 e. The number of piperidine rings is 1. The molecule has 1 nitrogen and oxygen atoms in total. The summed E-state index contributed by atoms with van der Waals surface area (Å²) in [5.41, 5.74) is 1.97. The number of halogens is 1. The topological polar surface area (TPSA) is 12.0 Å². The summed E-state index contributed by atoms with van der Waals surface area (Å²) < 4.78 is 0. The van der Waals surface area contributed by atoms with E-state index in [0.29, 0.717) is 11.3 Å². The maximum atomic E-state index is 6.23. The van der Waals surface area contributed by atoms with E-state index in [-0.39, 0.29) is 0 Å². The van der Waals surface area contributed by atoms with E-state index in [1.54, 1.807) is 0 Å². The summed E-state index contributed by atoms with van der Waals surface area (Å²) in [4.78, 5) is 0. The Bertz CT molecular complexity index is 435. The van der Waals surface area contributed by atoms with Crippen LogP contribution in [0.4, 0.5) is 0 Å². The van der Waals surface area contributed by atoms with Crippen LogP contribution in [-0.2, 0) is 0 Å². The van der Waals surface area contributed by atoms with E-state index in [9.17, 15) is 0 Å². The van der Waals surface area contributed by atoms with Crippen molar-refractivity contribution in [1.29, 1.82) is 0 Å². The van der Waals surface area contributed by atoms with Crippen molar-refractivity contribution >= 4 is 11.6 Å². The number of benzene rings is 1. The molecule has 1 aliphatic heterocycles. The first kappa shape index (κ1) is 14.4. The van der Waals surface area contributed by atoms with Crippen molar-refractivity contribution in [3.63, 3.8) is 0 Å². The molecule has 1 spiro atoms. The first-order valence-corrected chi connectivity index (χ1v) is 8.64. The lowest BCUT2D eigenvalue weighted by molar-refractivity contribution is 0.117. The van der Waals surface area contributed by atoms with Gasteiger partial charge in [0.15, 0.2) is 0 Å². The Morgan fingerprint density at radius 1 is 1.00 bits per heavy atom. The zero-order chi connectivity index (χ0) is 13.8. The van der Waals surface area contributed by atoms with Gasteiger partial charge < -0.3 is 5.32 Å². The van der Waals surface area contributed by atoms with Crippen LogP contribution in [0.2, 0.25) is 5.02 Å². The molecule has 2 heteroatoms. The molecule has 0 aromatic heterocycles. The van der Waals surface area contributed by atoms with Crippen molar-refractivity contribution in [1.82, 2.24) is 5.32 Å². The van der Waals surface area contributed by atoms with Gasteiger partial charge in [-0.1, -0.05) is 55.8 Å². The van der Waals surface area contributed by atoms with Crippen LogP contribution in [0.5, 0.6) is 0 Å². The van der Waals surface area contributed by atoms with Crippen molar-refractivity contribution in [2.24, 2.45) is 5.41 Å². The van der Waals surface area contributed by atoms with Gasteiger partial charge in [0.2, 0.25) is 0 Å². The molecule has 1 heterocycles. The van der Waals surface area contributed by atoms with E-state index in [1.165, 1.54) is 63.5 Å². The largest absolute Gasteiger partial charge is 0.316 e. The Balaban J connectivity index is 1.88. The summed E-state index contributed by atoms with van der Waals surface area (Å²) in [6.07, 6.45) is 11.3. The molecule has 1 atom stereocenters. The van der Waals surface area contributed by atoms with E-state index >= 15 is 0 Å². The molecule has 1 aromatic carbocycles. The standard InChI is InChI=1S/C18H26ClN/c19-16-8-6-7-15(13-16)17-14-20-12-11-18(17)9-4-2-1-3-5-10-18/h6-8,13,17,20H,1-5,9-12,14H2. The normalized spacial score (nSPS) is 26.9. The molecule has 3 rings (SSSR count). The number of hydrogen-bond donors (Lipinski definition) is 1. The number of nitrogens with one attached hydrogen (secondary N) is 1. The minimum atomic E-state index is 0.524. The van der Waals surface area contributed by atoms with Crippen molar-refractivity contribution in [2.75, 3.05) is 13.1 Å². The van der Waals surface area contributed by atoms with Crippen molar-refractivity contribution in [3.05, 3.63) is 34.9 Å².